The number of hydrogen-bond donors (Lipinski definition) is 0. The highest BCUT2D eigenvalue weighted by molar-refractivity contribution is 5.90. The van der Waals surface area contributed by atoms with Gasteiger partial charge in [0.15, 0.2) is 0 Å². The third kappa shape index (κ3) is 4.21. The predicted octanol–water partition coefficient (Wildman–Crippen LogP) is 3.62. The first-order chi connectivity index (χ1) is 12.1. The van der Waals surface area contributed by atoms with Crippen LogP contribution in [-0.4, -0.2) is 20.2 Å². The van der Waals surface area contributed by atoms with Crippen LogP contribution in [0.25, 0.3) is 11.0 Å². The molecular weight excluding hydrogens is 314 g/mol. The monoisotopic (exact) mass is 333 g/mol. The number of hydrogen-bond acceptors (Lipinski definition) is 4. The van der Waals surface area contributed by atoms with E-state index >= 15 is 0 Å². The van der Waals surface area contributed by atoms with Crippen molar-refractivity contribution in [3.63, 3.8) is 0 Å². The van der Waals surface area contributed by atoms with Gasteiger partial charge in [0.1, 0.15) is 17.9 Å². The first kappa shape index (κ1) is 16.7. The molecule has 4 heteroatoms. The summed E-state index contributed by atoms with van der Waals surface area (Å²) in [6.45, 7) is 2.85. The molecule has 0 amide bonds. The number of ether oxygens (including phenoxy) is 1. The van der Waals surface area contributed by atoms with Crippen LogP contribution in [0.2, 0.25) is 0 Å². The minimum atomic E-state index is -0.365. The SMILES string of the molecule is Cc1ccc(OCC#CCN(C)c2cc(=O)oc3ccccc23)cc1. The van der Waals surface area contributed by atoms with E-state index in [9.17, 15) is 4.79 Å². The van der Waals surface area contributed by atoms with E-state index in [1.807, 2.05) is 61.3 Å². The third-order valence-corrected chi connectivity index (χ3v) is 3.81. The summed E-state index contributed by atoms with van der Waals surface area (Å²) < 4.78 is 10.8. The van der Waals surface area contributed by atoms with Crippen molar-refractivity contribution in [1.82, 2.24) is 0 Å². The van der Waals surface area contributed by atoms with Gasteiger partial charge in [-0.3, -0.25) is 0 Å². The number of fused-ring (bicyclic) bond motifs is 1. The first-order valence-electron chi connectivity index (χ1n) is 8.03. The largest absolute Gasteiger partial charge is 0.481 e. The lowest BCUT2D eigenvalue weighted by molar-refractivity contribution is 0.370. The van der Waals surface area contributed by atoms with E-state index in [1.165, 1.54) is 11.6 Å². The second-order valence-electron chi connectivity index (χ2n) is 5.76. The zero-order valence-electron chi connectivity index (χ0n) is 14.3. The Balaban J connectivity index is 1.64. The van der Waals surface area contributed by atoms with Gasteiger partial charge in [-0.05, 0) is 31.2 Å². The maximum absolute atomic E-state index is 11.7. The average Bonchev–Trinajstić information content (AvgIpc) is 2.62. The second kappa shape index (κ2) is 7.59. The molecule has 25 heavy (non-hydrogen) atoms. The summed E-state index contributed by atoms with van der Waals surface area (Å²) in [7, 11) is 1.90. The molecule has 0 bridgehead atoms. The van der Waals surface area contributed by atoms with Gasteiger partial charge in [-0.15, -0.1) is 0 Å². The lowest BCUT2D eigenvalue weighted by Gasteiger charge is -2.17. The zero-order chi connectivity index (χ0) is 17.6. The average molecular weight is 333 g/mol. The van der Waals surface area contributed by atoms with Crippen molar-refractivity contribution in [3.8, 4) is 17.6 Å². The quantitative estimate of drug-likeness (QED) is 0.540. The molecule has 0 atom stereocenters. The highest BCUT2D eigenvalue weighted by Gasteiger charge is 2.08. The van der Waals surface area contributed by atoms with Gasteiger partial charge in [-0.25, -0.2) is 4.79 Å². The summed E-state index contributed by atoms with van der Waals surface area (Å²) in [5.74, 6) is 6.87. The summed E-state index contributed by atoms with van der Waals surface area (Å²) >= 11 is 0. The van der Waals surface area contributed by atoms with E-state index < -0.39 is 0 Å². The second-order valence-corrected chi connectivity index (χ2v) is 5.76. The van der Waals surface area contributed by atoms with Crippen molar-refractivity contribution < 1.29 is 9.15 Å². The first-order valence-corrected chi connectivity index (χ1v) is 8.03. The van der Waals surface area contributed by atoms with Crippen molar-refractivity contribution in [2.45, 2.75) is 6.92 Å². The molecule has 0 aliphatic carbocycles. The molecule has 0 radical (unpaired) electrons. The number of benzene rings is 2. The molecule has 0 aliphatic heterocycles. The third-order valence-electron chi connectivity index (χ3n) is 3.81. The van der Waals surface area contributed by atoms with Crippen molar-refractivity contribution in [2.24, 2.45) is 0 Å². The fourth-order valence-electron chi connectivity index (χ4n) is 2.47. The maximum atomic E-state index is 11.7. The lowest BCUT2D eigenvalue weighted by atomic mass is 10.2. The van der Waals surface area contributed by atoms with Crippen LogP contribution in [0, 0.1) is 18.8 Å². The van der Waals surface area contributed by atoms with Gasteiger partial charge >= 0.3 is 5.63 Å². The Bertz CT molecular complexity index is 978. The molecule has 0 spiro atoms. The summed E-state index contributed by atoms with van der Waals surface area (Å²) in [6, 6.07) is 16.8. The molecule has 126 valence electrons. The van der Waals surface area contributed by atoms with Gasteiger partial charge in [0.2, 0.25) is 0 Å². The van der Waals surface area contributed by atoms with Gasteiger partial charge in [0.05, 0.1) is 12.2 Å². The Hall–Kier alpha value is -3.19. The van der Waals surface area contributed by atoms with E-state index in [4.69, 9.17) is 9.15 Å². The van der Waals surface area contributed by atoms with Gasteiger partial charge in [0, 0.05) is 18.5 Å². The van der Waals surface area contributed by atoms with Crippen LogP contribution in [0.5, 0.6) is 5.75 Å². The summed E-state index contributed by atoms with van der Waals surface area (Å²) in [6.07, 6.45) is 0. The molecular formula is C21H19NO3. The molecule has 0 N–H and O–H groups in total. The highest BCUT2D eigenvalue weighted by atomic mass is 16.5. The van der Waals surface area contributed by atoms with Gasteiger partial charge in [-0.1, -0.05) is 41.7 Å². The number of nitrogens with zero attached hydrogens (tertiary/aromatic N) is 1. The predicted molar refractivity (Wildman–Crippen MR) is 100 cm³/mol. The lowest BCUT2D eigenvalue weighted by Crippen LogP contribution is -2.19. The van der Waals surface area contributed by atoms with Gasteiger partial charge in [-0.2, -0.15) is 0 Å². The molecule has 2 aromatic carbocycles. The Morgan fingerprint density at radius 1 is 1.08 bits per heavy atom. The molecule has 3 rings (SSSR count). The minimum Gasteiger partial charge on any atom is -0.481 e. The smallest absolute Gasteiger partial charge is 0.338 e. The van der Waals surface area contributed by atoms with Crippen LogP contribution in [0.4, 0.5) is 5.69 Å². The number of rotatable bonds is 4. The topological polar surface area (TPSA) is 42.7 Å². The van der Waals surface area contributed by atoms with Crippen LogP contribution in [-0.2, 0) is 0 Å². The summed E-state index contributed by atoms with van der Waals surface area (Å²) in [4.78, 5) is 13.6. The summed E-state index contributed by atoms with van der Waals surface area (Å²) in [5.41, 5.74) is 2.21. The van der Waals surface area contributed by atoms with Crippen LogP contribution in [0.3, 0.4) is 0 Å². The molecule has 0 saturated carbocycles. The Morgan fingerprint density at radius 2 is 1.84 bits per heavy atom. The van der Waals surface area contributed by atoms with E-state index in [0.29, 0.717) is 18.7 Å². The number of para-hydroxylation sites is 1. The molecule has 1 heterocycles. The van der Waals surface area contributed by atoms with Crippen LogP contribution in [0.1, 0.15) is 5.56 Å². The van der Waals surface area contributed by atoms with Crippen LogP contribution < -0.4 is 15.3 Å². The van der Waals surface area contributed by atoms with E-state index in [2.05, 4.69) is 11.8 Å². The van der Waals surface area contributed by atoms with Crippen LogP contribution >= 0.6 is 0 Å². The Labute approximate surface area is 146 Å². The molecule has 1 aromatic heterocycles. The van der Waals surface area contributed by atoms with E-state index in [1.54, 1.807) is 6.07 Å². The van der Waals surface area contributed by atoms with E-state index in [-0.39, 0.29) is 5.63 Å². The highest BCUT2D eigenvalue weighted by Crippen LogP contribution is 2.23. The fourth-order valence-corrected chi connectivity index (χ4v) is 2.47. The Morgan fingerprint density at radius 3 is 2.64 bits per heavy atom. The van der Waals surface area contributed by atoms with E-state index in [0.717, 1.165) is 16.8 Å². The summed E-state index contributed by atoms with van der Waals surface area (Å²) in [5, 5.41) is 0.891. The standard InChI is InChI=1S/C21H19NO3/c1-16-9-11-17(12-10-16)24-14-6-5-13-22(2)19-15-21(23)25-20-8-4-3-7-18(19)20/h3-4,7-12,15H,13-14H2,1-2H3. The Kier molecular flexibility index (Phi) is 5.06. The van der Waals surface area contributed by atoms with Crippen molar-refractivity contribution in [1.29, 1.82) is 0 Å². The minimum absolute atomic E-state index is 0.328. The van der Waals surface area contributed by atoms with Gasteiger partial charge < -0.3 is 14.1 Å². The molecule has 0 aliphatic rings. The van der Waals surface area contributed by atoms with Gasteiger partial charge in [0.25, 0.3) is 0 Å². The number of anilines is 1. The molecule has 0 saturated heterocycles. The molecule has 4 nitrogen and oxygen atoms in total. The fraction of sp³-hybridized carbons (Fsp3) is 0.190. The molecule has 3 aromatic rings. The van der Waals surface area contributed by atoms with Crippen molar-refractivity contribution in [3.05, 3.63) is 70.6 Å². The normalized spacial score (nSPS) is 10.2. The zero-order valence-corrected chi connectivity index (χ0v) is 14.3. The van der Waals surface area contributed by atoms with Crippen molar-refractivity contribution in [2.75, 3.05) is 25.1 Å². The van der Waals surface area contributed by atoms with Crippen molar-refractivity contribution >= 4 is 16.7 Å². The molecule has 0 unspecified atom stereocenters. The molecule has 0 fully saturated rings. The maximum Gasteiger partial charge on any atom is 0.338 e. The number of aryl methyl sites for hydroxylation is 1. The van der Waals surface area contributed by atoms with Crippen LogP contribution in [0.15, 0.2) is 63.8 Å².